The van der Waals surface area contributed by atoms with Gasteiger partial charge in [0.1, 0.15) is 11.2 Å². The largest absolute Gasteiger partial charge is 0.496 e. The number of likely N-dealkylation sites (tertiary alicyclic amines) is 1. The molecule has 7 heteroatoms. The van der Waals surface area contributed by atoms with Crippen LogP contribution in [0.4, 0.5) is 5.69 Å². The van der Waals surface area contributed by atoms with Gasteiger partial charge in [-0.1, -0.05) is 30.3 Å². The molecule has 2 aliphatic heterocycles. The molecule has 30 heavy (non-hydrogen) atoms. The standard InChI is InChI=1S/C23H22N4O3/c1-26-14-15(13-24-26)20-23(17-8-4-5-9-18(17)25-22(23)29)11-12-27(20)21(28)16-7-3-6-10-19(16)30-2/h3-10,13-14,20H,11-12H2,1-2H3,(H,25,29). The fourth-order valence-corrected chi connectivity index (χ4v) is 4.93. The summed E-state index contributed by atoms with van der Waals surface area (Å²) in [6.45, 7) is 0.457. The number of fused-ring (bicyclic) bond motifs is 2. The lowest BCUT2D eigenvalue weighted by molar-refractivity contribution is -0.121. The summed E-state index contributed by atoms with van der Waals surface area (Å²) < 4.78 is 7.12. The Bertz CT molecular complexity index is 1150. The average molecular weight is 402 g/mol. The first kappa shape index (κ1) is 18.4. The number of anilines is 1. The molecule has 1 saturated heterocycles. The second-order valence-corrected chi connectivity index (χ2v) is 7.77. The summed E-state index contributed by atoms with van der Waals surface area (Å²) in [4.78, 5) is 28.8. The van der Waals surface area contributed by atoms with Crippen molar-refractivity contribution >= 4 is 17.5 Å². The van der Waals surface area contributed by atoms with Crippen LogP contribution in [0.25, 0.3) is 0 Å². The number of methoxy groups -OCH3 is 1. The van der Waals surface area contributed by atoms with Crippen LogP contribution in [0.5, 0.6) is 5.75 Å². The predicted octanol–water partition coefficient (Wildman–Crippen LogP) is 2.91. The van der Waals surface area contributed by atoms with Crippen LogP contribution in [-0.2, 0) is 17.3 Å². The third-order valence-electron chi connectivity index (χ3n) is 6.23. The molecule has 7 nitrogen and oxygen atoms in total. The Hall–Kier alpha value is -3.61. The van der Waals surface area contributed by atoms with Crippen molar-refractivity contribution in [3.8, 4) is 5.75 Å². The van der Waals surface area contributed by atoms with Gasteiger partial charge in [-0.15, -0.1) is 0 Å². The highest BCUT2D eigenvalue weighted by molar-refractivity contribution is 6.08. The van der Waals surface area contributed by atoms with Gasteiger partial charge in [-0.2, -0.15) is 5.10 Å². The molecular weight excluding hydrogens is 380 g/mol. The van der Waals surface area contributed by atoms with Gasteiger partial charge in [-0.05, 0) is 30.2 Å². The molecule has 1 spiro atoms. The molecule has 2 unspecified atom stereocenters. The van der Waals surface area contributed by atoms with E-state index in [4.69, 9.17) is 4.74 Å². The summed E-state index contributed by atoms with van der Waals surface area (Å²) in [5.41, 5.74) is 2.21. The Labute approximate surface area is 174 Å². The van der Waals surface area contributed by atoms with Crippen molar-refractivity contribution in [1.82, 2.24) is 14.7 Å². The van der Waals surface area contributed by atoms with Gasteiger partial charge in [0.05, 0.1) is 24.9 Å². The SMILES string of the molecule is COc1ccccc1C(=O)N1CCC2(C(=O)Nc3ccccc32)C1c1cnn(C)c1. The van der Waals surface area contributed by atoms with Crippen molar-refractivity contribution in [1.29, 1.82) is 0 Å². The molecule has 2 amide bonds. The fourth-order valence-electron chi connectivity index (χ4n) is 4.93. The van der Waals surface area contributed by atoms with E-state index in [9.17, 15) is 9.59 Å². The molecule has 2 aliphatic rings. The Morgan fingerprint density at radius 3 is 2.73 bits per heavy atom. The zero-order valence-corrected chi connectivity index (χ0v) is 16.8. The van der Waals surface area contributed by atoms with E-state index >= 15 is 0 Å². The van der Waals surface area contributed by atoms with Gasteiger partial charge in [0.2, 0.25) is 5.91 Å². The van der Waals surface area contributed by atoms with Crippen LogP contribution in [-0.4, -0.2) is 40.1 Å². The average Bonchev–Trinajstić information content (AvgIpc) is 3.44. The predicted molar refractivity (Wildman–Crippen MR) is 111 cm³/mol. The minimum absolute atomic E-state index is 0.0760. The second-order valence-electron chi connectivity index (χ2n) is 7.77. The van der Waals surface area contributed by atoms with Crippen LogP contribution in [0.15, 0.2) is 60.9 Å². The van der Waals surface area contributed by atoms with Crippen molar-refractivity contribution in [2.75, 3.05) is 19.0 Å². The maximum absolute atomic E-state index is 13.7. The molecule has 1 aromatic heterocycles. The summed E-state index contributed by atoms with van der Waals surface area (Å²) in [5.74, 6) is 0.285. The van der Waals surface area contributed by atoms with E-state index < -0.39 is 11.5 Å². The Morgan fingerprint density at radius 2 is 1.97 bits per heavy atom. The monoisotopic (exact) mass is 402 g/mol. The van der Waals surface area contributed by atoms with Gasteiger partial charge in [0.25, 0.3) is 5.91 Å². The third kappa shape index (κ3) is 2.48. The van der Waals surface area contributed by atoms with Gasteiger partial charge in [-0.25, -0.2) is 0 Å². The van der Waals surface area contributed by atoms with Gasteiger partial charge in [0, 0.05) is 31.0 Å². The van der Waals surface area contributed by atoms with Crippen molar-refractivity contribution < 1.29 is 14.3 Å². The molecular formula is C23H22N4O3. The number of ether oxygens (including phenoxy) is 1. The summed E-state index contributed by atoms with van der Waals surface area (Å²) in [5, 5.41) is 7.35. The molecule has 3 heterocycles. The van der Waals surface area contributed by atoms with E-state index in [1.807, 2.05) is 49.6 Å². The number of aromatic nitrogens is 2. The number of hydrogen-bond donors (Lipinski definition) is 1. The number of hydrogen-bond acceptors (Lipinski definition) is 4. The van der Waals surface area contributed by atoms with Crippen LogP contribution in [0, 0.1) is 0 Å². The van der Waals surface area contributed by atoms with E-state index in [1.165, 1.54) is 0 Å². The topological polar surface area (TPSA) is 76.5 Å². The summed E-state index contributed by atoms with van der Waals surface area (Å²) in [6.07, 6.45) is 4.17. The van der Waals surface area contributed by atoms with Crippen LogP contribution >= 0.6 is 0 Å². The van der Waals surface area contributed by atoms with Crippen molar-refractivity contribution in [2.24, 2.45) is 7.05 Å². The second kappa shape index (κ2) is 6.73. The minimum atomic E-state index is -0.850. The Balaban J connectivity index is 1.67. The number of rotatable bonds is 3. The number of aryl methyl sites for hydroxylation is 1. The van der Waals surface area contributed by atoms with Crippen molar-refractivity contribution in [3.05, 3.63) is 77.6 Å². The molecule has 152 valence electrons. The van der Waals surface area contributed by atoms with E-state index in [-0.39, 0.29) is 11.8 Å². The van der Waals surface area contributed by atoms with E-state index in [2.05, 4.69) is 10.4 Å². The highest BCUT2D eigenvalue weighted by Gasteiger charge is 2.59. The lowest BCUT2D eigenvalue weighted by atomic mass is 9.73. The molecule has 2 aromatic carbocycles. The number of nitrogens with one attached hydrogen (secondary N) is 1. The van der Waals surface area contributed by atoms with Crippen LogP contribution in [0.2, 0.25) is 0 Å². The molecule has 5 rings (SSSR count). The van der Waals surface area contributed by atoms with Gasteiger partial charge < -0.3 is 15.0 Å². The highest BCUT2D eigenvalue weighted by atomic mass is 16.5. The maximum Gasteiger partial charge on any atom is 0.258 e. The zero-order valence-electron chi connectivity index (χ0n) is 16.8. The first-order valence-corrected chi connectivity index (χ1v) is 9.90. The van der Waals surface area contributed by atoms with Crippen LogP contribution in [0.3, 0.4) is 0 Å². The quantitative estimate of drug-likeness (QED) is 0.731. The molecule has 1 N–H and O–H groups in total. The normalized spacial score (nSPS) is 22.3. The fraction of sp³-hybridized carbons (Fsp3) is 0.261. The summed E-state index contributed by atoms with van der Waals surface area (Å²) in [7, 11) is 3.39. The van der Waals surface area contributed by atoms with E-state index in [1.54, 1.807) is 35.0 Å². The third-order valence-corrected chi connectivity index (χ3v) is 6.23. The smallest absolute Gasteiger partial charge is 0.258 e. The number of nitrogens with zero attached hydrogens (tertiary/aromatic N) is 3. The van der Waals surface area contributed by atoms with Gasteiger partial charge in [0.15, 0.2) is 0 Å². The van der Waals surface area contributed by atoms with E-state index in [0.717, 1.165) is 16.8 Å². The lowest BCUT2D eigenvalue weighted by Crippen LogP contribution is -2.42. The van der Waals surface area contributed by atoms with Crippen LogP contribution in [0.1, 0.15) is 33.9 Å². The lowest BCUT2D eigenvalue weighted by Gasteiger charge is -2.33. The zero-order chi connectivity index (χ0) is 20.9. The summed E-state index contributed by atoms with van der Waals surface area (Å²) >= 11 is 0. The molecule has 0 radical (unpaired) electrons. The Morgan fingerprint density at radius 1 is 1.20 bits per heavy atom. The number of amides is 2. The van der Waals surface area contributed by atoms with E-state index in [0.29, 0.717) is 24.3 Å². The van der Waals surface area contributed by atoms with Gasteiger partial charge in [-0.3, -0.25) is 14.3 Å². The number of benzene rings is 2. The molecule has 0 bridgehead atoms. The van der Waals surface area contributed by atoms with Crippen molar-refractivity contribution in [3.63, 3.8) is 0 Å². The molecule has 2 atom stereocenters. The first-order valence-electron chi connectivity index (χ1n) is 9.90. The molecule has 1 fully saturated rings. The number of para-hydroxylation sites is 2. The first-order chi connectivity index (χ1) is 14.6. The molecule has 3 aromatic rings. The van der Waals surface area contributed by atoms with Crippen molar-refractivity contribution in [2.45, 2.75) is 17.9 Å². The number of carbonyl (C=O) groups excluding carboxylic acids is 2. The minimum Gasteiger partial charge on any atom is -0.496 e. The summed E-state index contributed by atoms with van der Waals surface area (Å²) in [6, 6.07) is 14.5. The molecule has 0 saturated carbocycles. The maximum atomic E-state index is 13.7. The number of carbonyl (C=O) groups is 2. The molecule has 0 aliphatic carbocycles. The highest BCUT2D eigenvalue weighted by Crippen LogP contribution is 2.55. The Kier molecular flexibility index (Phi) is 4.13. The van der Waals surface area contributed by atoms with Crippen LogP contribution < -0.4 is 10.1 Å². The van der Waals surface area contributed by atoms with Gasteiger partial charge >= 0.3 is 0 Å².